The zero-order chi connectivity index (χ0) is 9.90. The van der Waals surface area contributed by atoms with Gasteiger partial charge in [0.15, 0.2) is 0 Å². The SMILES string of the molecule is CCCC[Si]1(OC)CC(C)CN1C. The van der Waals surface area contributed by atoms with Crippen LogP contribution in [0.4, 0.5) is 0 Å². The van der Waals surface area contributed by atoms with Gasteiger partial charge in [-0.15, -0.1) is 0 Å². The topological polar surface area (TPSA) is 12.5 Å². The Bertz CT molecular complexity index is 165. The van der Waals surface area contributed by atoms with E-state index in [0.717, 1.165) is 5.92 Å². The normalized spacial score (nSPS) is 35.5. The first kappa shape index (κ1) is 11.2. The molecule has 2 atom stereocenters. The second kappa shape index (κ2) is 4.58. The van der Waals surface area contributed by atoms with Crippen LogP contribution in [0.2, 0.25) is 12.1 Å². The minimum Gasteiger partial charge on any atom is -0.406 e. The van der Waals surface area contributed by atoms with E-state index in [-0.39, 0.29) is 0 Å². The molecule has 0 saturated carbocycles. The van der Waals surface area contributed by atoms with Gasteiger partial charge < -0.3 is 8.99 Å². The Morgan fingerprint density at radius 2 is 2.23 bits per heavy atom. The van der Waals surface area contributed by atoms with Gasteiger partial charge >= 0.3 is 0 Å². The fourth-order valence-corrected chi connectivity index (χ4v) is 6.83. The maximum atomic E-state index is 5.85. The van der Waals surface area contributed by atoms with Gasteiger partial charge in [-0.05, 0) is 31.6 Å². The molecule has 0 radical (unpaired) electrons. The van der Waals surface area contributed by atoms with Crippen LogP contribution in [0, 0.1) is 5.92 Å². The smallest absolute Gasteiger partial charge is 0.271 e. The molecule has 0 amide bonds. The van der Waals surface area contributed by atoms with Crippen LogP contribution in [0.3, 0.4) is 0 Å². The number of unbranched alkanes of at least 4 members (excludes halogenated alkanes) is 1. The Labute approximate surface area is 83.5 Å². The summed E-state index contributed by atoms with van der Waals surface area (Å²) in [7, 11) is 2.70. The third-order valence-corrected chi connectivity index (χ3v) is 8.05. The van der Waals surface area contributed by atoms with Crippen LogP contribution < -0.4 is 0 Å². The van der Waals surface area contributed by atoms with Gasteiger partial charge in [-0.2, -0.15) is 0 Å². The summed E-state index contributed by atoms with van der Waals surface area (Å²) in [6.07, 6.45) is 2.62. The first-order valence-electron chi connectivity index (χ1n) is 5.41. The lowest BCUT2D eigenvalue weighted by Crippen LogP contribution is -2.48. The highest BCUT2D eigenvalue weighted by molar-refractivity contribution is 6.71. The van der Waals surface area contributed by atoms with Gasteiger partial charge in [-0.25, -0.2) is 0 Å². The molecule has 1 aliphatic rings. The van der Waals surface area contributed by atoms with Gasteiger partial charge in [0, 0.05) is 7.11 Å². The lowest BCUT2D eigenvalue weighted by molar-refractivity contribution is 0.330. The molecule has 1 heterocycles. The summed E-state index contributed by atoms with van der Waals surface area (Å²) in [5, 5.41) is 0. The van der Waals surface area contributed by atoms with Gasteiger partial charge in [0.2, 0.25) is 0 Å². The Kier molecular flexibility index (Phi) is 3.95. The maximum Gasteiger partial charge on any atom is 0.271 e. The quantitative estimate of drug-likeness (QED) is 0.648. The molecule has 3 heteroatoms. The van der Waals surface area contributed by atoms with Crippen molar-refractivity contribution < 1.29 is 4.43 Å². The summed E-state index contributed by atoms with van der Waals surface area (Å²) < 4.78 is 8.37. The van der Waals surface area contributed by atoms with E-state index in [1.807, 2.05) is 7.11 Å². The highest BCUT2D eigenvalue weighted by atomic mass is 28.4. The molecule has 2 nitrogen and oxygen atoms in total. The number of hydrogen-bond acceptors (Lipinski definition) is 2. The largest absolute Gasteiger partial charge is 0.406 e. The van der Waals surface area contributed by atoms with E-state index in [9.17, 15) is 0 Å². The van der Waals surface area contributed by atoms with Crippen molar-refractivity contribution in [2.24, 2.45) is 5.92 Å². The summed E-state index contributed by atoms with van der Waals surface area (Å²) in [5.41, 5.74) is 0. The molecule has 13 heavy (non-hydrogen) atoms. The predicted molar refractivity (Wildman–Crippen MR) is 59.1 cm³/mol. The fourth-order valence-electron chi connectivity index (χ4n) is 2.49. The van der Waals surface area contributed by atoms with Gasteiger partial charge in [-0.1, -0.05) is 26.7 Å². The van der Waals surface area contributed by atoms with E-state index in [1.54, 1.807) is 0 Å². The molecule has 1 saturated heterocycles. The second-order valence-electron chi connectivity index (χ2n) is 4.44. The Balaban J connectivity index is 2.57. The highest BCUT2D eigenvalue weighted by Gasteiger charge is 2.45. The lowest BCUT2D eigenvalue weighted by atomic mass is 10.2. The second-order valence-corrected chi connectivity index (χ2v) is 8.42. The Morgan fingerprint density at radius 3 is 2.62 bits per heavy atom. The fraction of sp³-hybridized carbons (Fsp3) is 1.00. The van der Waals surface area contributed by atoms with E-state index < -0.39 is 8.48 Å². The first-order valence-corrected chi connectivity index (χ1v) is 7.68. The van der Waals surface area contributed by atoms with Crippen molar-refractivity contribution in [2.45, 2.75) is 38.8 Å². The van der Waals surface area contributed by atoms with Crippen molar-refractivity contribution in [1.29, 1.82) is 0 Å². The molecule has 1 aliphatic heterocycles. The number of nitrogens with zero attached hydrogens (tertiary/aromatic N) is 1. The monoisotopic (exact) mass is 201 g/mol. The molecule has 0 N–H and O–H groups in total. The van der Waals surface area contributed by atoms with Crippen LogP contribution >= 0.6 is 0 Å². The molecule has 0 aliphatic carbocycles. The zero-order valence-corrected chi connectivity index (χ0v) is 10.5. The summed E-state index contributed by atoms with van der Waals surface area (Å²) in [6.45, 7) is 5.84. The van der Waals surface area contributed by atoms with Gasteiger partial charge in [0.25, 0.3) is 8.48 Å². The Morgan fingerprint density at radius 1 is 1.54 bits per heavy atom. The van der Waals surface area contributed by atoms with Crippen LogP contribution in [0.15, 0.2) is 0 Å². The van der Waals surface area contributed by atoms with E-state index in [4.69, 9.17) is 4.43 Å². The molecule has 0 bridgehead atoms. The summed E-state index contributed by atoms with van der Waals surface area (Å²) in [6, 6.07) is 2.65. The first-order chi connectivity index (χ1) is 6.14. The third kappa shape index (κ3) is 2.33. The molecule has 0 aromatic rings. The zero-order valence-electron chi connectivity index (χ0n) is 9.47. The standard InChI is InChI=1S/C10H23NOSi/c1-5-6-7-13(12-4)9-10(2)8-11(13)3/h10H,5-9H2,1-4H3. The van der Waals surface area contributed by atoms with Crippen molar-refractivity contribution in [2.75, 3.05) is 20.7 Å². The van der Waals surface area contributed by atoms with E-state index >= 15 is 0 Å². The van der Waals surface area contributed by atoms with E-state index in [0.29, 0.717) is 0 Å². The minimum atomic E-state index is -1.46. The average Bonchev–Trinajstić information content (AvgIpc) is 2.38. The van der Waals surface area contributed by atoms with Crippen molar-refractivity contribution in [3.05, 3.63) is 0 Å². The molecule has 2 unspecified atom stereocenters. The van der Waals surface area contributed by atoms with E-state index in [1.165, 1.54) is 31.5 Å². The molecule has 1 fully saturated rings. The van der Waals surface area contributed by atoms with Crippen molar-refractivity contribution in [3.8, 4) is 0 Å². The van der Waals surface area contributed by atoms with Gasteiger partial charge in [0.05, 0.1) is 0 Å². The molecule has 0 aromatic heterocycles. The summed E-state index contributed by atoms with van der Waals surface area (Å²) in [4.78, 5) is 0. The van der Waals surface area contributed by atoms with Crippen LogP contribution in [0.5, 0.6) is 0 Å². The van der Waals surface area contributed by atoms with Gasteiger partial charge in [0.1, 0.15) is 0 Å². The Hall–Kier alpha value is 0.137. The number of hydrogen-bond donors (Lipinski definition) is 0. The summed E-state index contributed by atoms with van der Waals surface area (Å²) in [5.74, 6) is 0.841. The van der Waals surface area contributed by atoms with Crippen molar-refractivity contribution in [3.63, 3.8) is 0 Å². The van der Waals surface area contributed by atoms with E-state index in [2.05, 4.69) is 25.5 Å². The molecular formula is C10H23NOSi. The number of rotatable bonds is 4. The molecule has 0 aromatic carbocycles. The van der Waals surface area contributed by atoms with Crippen LogP contribution in [0.1, 0.15) is 26.7 Å². The molecular weight excluding hydrogens is 178 g/mol. The van der Waals surface area contributed by atoms with Crippen molar-refractivity contribution >= 4 is 8.48 Å². The molecule has 1 rings (SSSR count). The van der Waals surface area contributed by atoms with Gasteiger partial charge in [-0.3, -0.25) is 0 Å². The summed E-state index contributed by atoms with van der Waals surface area (Å²) >= 11 is 0. The maximum absolute atomic E-state index is 5.85. The molecule has 0 spiro atoms. The lowest BCUT2D eigenvalue weighted by Gasteiger charge is -2.31. The van der Waals surface area contributed by atoms with Crippen LogP contribution in [-0.2, 0) is 4.43 Å². The highest BCUT2D eigenvalue weighted by Crippen LogP contribution is 2.33. The predicted octanol–water partition coefficient (Wildman–Crippen LogP) is 2.46. The average molecular weight is 201 g/mol. The van der Waals surface area contributed by atoms with Crippen molar-refractivity contribution in [1.82, 2.24) is 4.57 Å². The van der Waals surface area contributed by atoms with Crippen LogP contribution in [0.25, 0.3) is 0 Å². The van der Waals surface area contributed by atoms with Crippen LogP contribution in [-0.4, -0.2) is 33.7 Å². The molecule has 78 valence electrons. The minimum absolute atomic E-state index is 0.841. The third-order valence-electron chi connectivity index (χ3n) is 3.25.